The SMILES string of the molecule is C=CCc1ccc([I+]c2ccc(CC=C)o2)o1.FC(F)(F)c1cc([B-](c2cc(C(F)(F)F)cc(C(F)(F)F)c2)(c2cc(C(F)(F)F)cc(C(F)(F)F)c2)c2cc(C(F)(F)F)cc(C(F)(F)F)c2)cc(C(F)(F)F)c1. The van der Waals surface area contributed by atoms with Crippen LogP contribution in [0.25, 0.3) is 0 Å². The molecule has 2 nitrogen and oxygen atoms in total. The van der Waals surface area contributed by atoms with Crippen LogP contribution in [-0.4, -0.2) is 6.15 Å². The largest absolute Gasteiger partial charge is 0.442 e. The number of furan rings is 2. The predicted octanol–water partition coefficient (Wildman–Crippen LogP) is 11.7. The molecule has 6 rings (SSSR count). The summed E-state index contributed by atoms with van der Waals surface area (Å²) < 4.78 is 354. The zero-order chi connectivity index (χ0) is 56.0. The minimum atomic E-state index is -6.13. The highest BCUT2D eigenvalue weighted by molar-refractivity contribution is 7.20. The van der Waals surface area contributed by atoms with E-state index in [1.807, 2.05) is 36.4 Å². The summed E-state index contributed by atoms with van der Waals surface area (Å²) in [7, 11) is 0. The van der Waals surface area contributed by atoms with Crippen molar-refractivity contribution in [3.63, 3.8) is 0 Å². The molecule has 28 heteroatoms. The third-order valence-corrected chi connectivity index (χ3v) is 12.8. The highest BCUT2D eigenvalue weighted by atomic mass is 127. The lowest BCUT2D eigenvalue weighted by Gasteiger charge is -2.46. The normalized spacial score (nSPS) is 13.4. The average molecular weight is 1200 g/mol. The van der Waals surface area contributed by atoms with E-state index in [1.165, 1.54) is 0 Å². The maximum atomic E-state index is 14.2. The molecule has 2 heterocycles. The van der Waals surface area contributed by atoms with Crippen molar-refractivity contribution in [3.05, 3.63) is 186 Å². The molecule has 74 heavy (non-hydrogen) atoms. The van der Waals surface area contributed by atoms with Crippen LogP contribution in [0.2, 0.25) is 0 Å². The highest BCUT2D eigenvalue weighted by Gasteiger charge is 2.47. The van der Waals surface area contributed by atoms with Gasteiger partial charge in [0.15, 0.2) is 0 Å². The van der Waals surface area contributed by atoms with Gasteiger partial charge in [0.1, 0.15) is 17.7 Å². The van der Waals surface area contributed by atoms with Crippen LogP contribution in [-0.2, 0) is 62.3 Å². The van der Waals surface area contributed by atoms with Crippen LogP contribution in [0.3, 0.4) is 0 Å². The van der Waals surface area contributed by atoms with Gasteiger partial charge in [0, 0.05) is 25.0 Å². The molecule has 2 aromatic heterocycles. The molecule has 0 saturated carbocycles. The van der Waals surface area contributed by atoms with Gasteiger partial charge in [0.25, 0.3) is 0 Å². The first kappa shape index (κ1) is 58.9. The van der Waals surface area contributed by atoms with Gasteiger partial charge in [0.2, 0.25) is 0 Å². The maximum absolute atomic E-state index is 14.2. The summed E-state index contributed by atoms with van der Waals surface area (Å²) in [5, 5.41) is 0. The maximum Gasteiger partial charge on any atom is 0.442 e. The molecule has 0 unspecified atom stereocenters. The molecular weight excluding hydrogens is 1180 g/mol. The van der Waals surface area contributed by atoms with Gasteiger partial charge in [0.05, 0.1) is 44.5 Å². The molecule has 0 aliphatic heterocycles. The molecule has 0 N–H and O–H groups in total. The van der Waals surface area contributed by atoms with Crippen molar-refractivity contribution in [2.75, 3.05) is 0 Å². The van der Waals surface area contributed by atoms with Gasteiger partial charge >= 0.3 is 78.1 Å². The number of rotatable bonds is 10. The summed E-state index contributed by atoms with van der Waals surface area (Å²) in [4.78, 5) is 0. The van der Waals surface area contributed by atoms with Gasteiger partial charge in [-0.2, -0.15) is 127 Å². The number of halogens is 25. The first-order valence-corrected chi connectivity index (χ1v) is 22.1. The minimum absolute atomic E-state index is 0.354. The number of allylic oxidation sites excluding steroid dienone is 2. The fraction of sp³-hybridized carbons (Fsp3) is 0.217. The van der Waals surface area contributed by atoms with E-state index in [2.05, 4.69) is 13.2 Å². The van der Waals surface area contributed by atoms with Crippen molar-refractivity contribution in [1.29, 1.82) is 0 Å². The summed E-state index contributed by atoms with van der Waals surface area (Å²) in [5.74, 6) is 1.93. The average Bonchev–Trinajstić information content (AvgIpc) is 3.90. The summed E-state index contributed by atoms with van der Waals surface area (Å²) in [5.41, 5.74) is -30.2. The predicted molar refractivity (Wildman–Crippen MR) is 213 cm³/mol. The monoisotopic (exact) mass is 1200 g/mol. The third-order valence-electron chi connectivity index (χ3n) is 10.6. The second-order valence-corrected chi connectivity index (χ2v) is 18.4. The Morgan fingerprint density at radius 3 is 0.676 bits per heavy atom. The Bertz CT molecular complexity index is 2490. The summed E-state index contributed by atoms with van der Waals surface area (Å²) in [6.07, 6.45) is -49.6. The fourth-order valence-electron chi connectivity index (χ4n) is 7.47. The van der Waals surface area contributed by atoms with Crippen LogP contribution in [0.5, 0.6) is 0 Å². The summed E-state index contributed by atoms with van der Waals surface area (Å²) in [6, 6.07) is -0.743. The smallest absolute Gasteiger partial charge is 0.423 e. The Morgan fingerprint density at radius 2 is 0.514 bits per heavy atom. The molecule has 0 aliphatic rings. The number of hydrogen-bond donors (Lipinski definition) is 0. The van der Waals surface area contributed by atoms with Crippen molar-refractivity contribution in [3.8, 4) is 0 Å². The van der Waals surface area contributed by atoms with E-state index in [4.69, 9.17) is 8.83 Å². The van der Waals surface area contributed by atoms with Crippen LogP contribution in [0, 0.1) is 7.53 Å². The Balaban J connectivity index is 0.000000500. The van der Waals surface area contributed by atoms with Gasteiger partial charge in [-0.1, -0.05) is 60.7 Å². The highest BCUT2D eigenvalue weighted by Crippen LogP contribution is 2.41. The molecular formula is C46H26BF24IO2. The molecule has 0 fully saturated rings. The quantitative estimate of drug-likeness (QED) is 0.0591. The van der Waals surface area contributed by atoms with Crippen molar-refractivity contribution in [2.24, 2.45) is 0 Å². The van der Waals surface area contributed by atoms with E-state index in [0.29, 0.717) is 0 Å². The molecule has 6 aromatic rings. The molecule has 0 saturated heterocycles. The second kappa shape index (κ2) is 20.6. The Labute approximate surface area is 410 Å². The molecule has 0 aliphatic carbocycles. The first-order chi connectivity index (χ1) is 33.6. The van der Waals surface area contributed by atoms with Gasteiger partial charge < -0.3 is 8.83 Å². The van der Waals surface area contributed by atoms with E-state index in [0.717, 1.165) is 31.9 Å². The fourth-order valence-corrected chi connectivity index (χ4v) is 9.50. The van der Waals surface area contributed by atoms with E-state index < -0.39 is 195 Å². The number of benzene rings is 4. The van der Waals surface area contributed by atoms with Crippen LogP contribution < -0.4 is 43.1 Å². The Kier molecular flexibility index (Phi) is 16.4. The zero-order valence-corrected chi connectivity index (χ0v) is 38.2. The van der Waals surface area contributed by atoms with Crippen LogP contribution in [0.4, 0.5) is 105 Å². The summed E-state index contributed by atoms with van der Waals surface area (Å²) in [6.45, 7) is 7.39. The molecule has 4 aromatic carbocycles. The van der Waals surface area contributed by atoms with Crippen LogP contribution in [0.15, 0.2) is 131 Å². The molecule has 400 valence electrons. The zero-order valence-electron chi connectivity index (χ0n) is 36.1. The van der Waals surface area contributed by atoms with E-state index in [-0.39, 0.29) is 21.2 Å². The standard InChI is InChI=1S/C32H12BF24.C14H14IO2/c34-25(35,36)13-1-14(26(37,38)39)6-21(5-13)33(22-7-15(27(40,41)42)2-16(8-22)28(43,44)45,23-9-17(29(46,47)48)3-18(10-23)30(49,50)51)24-11-19(31(52,53)54)4-20(12-24)32(55,56)57;1-3-5-11-7-9-13(16-11)15-14-10-8-12(17-14)6-4-2/h1-12H;3-4,7-10H,1-2,5-6H2/q-1;+1. The minimum Gasteiger partial charge on any atom is -0.423 e. The summed E-state index contributed by atoms with van der Waals surface area (Å²) >= 11 is -0.354. The van der Waals surface area contributed by atoms with Crippen LogP contribution in [0.1, 0.15) is 56.0 Å². The topological polar surface area (TPSA) is 26.3 Å². The van der Waals surface area contributed by atoms with Crippen molar-refractivity contribution in [2.45, 2.75) is 62.3 Å². The Morgan fingerprint density at radius 1 is 0.324 bits per heavy atom. The molecule has 0 spiro atoms. The van der Waals surface area contributed by atoms with Crippen molar-refractivity contribution >= 4 is 28.0 Å². The molecule has 0 amide bonds. The van der Waals surface area contributed by atoms with E-state index in [9.17, 15) is 105 Å². The van der Waals surface area contributed by atoms with Gasteiger partial charge in [-0.15, -0.1) is 13.2 Å². The Hall–Kier alpha value is -5.97. The first-order valence-electron chi connectivity index (χ1n) is 20.0. The van der Waals surface area contributed by atoms with Gasteiger partial charge in [-0.25, -0.2) is 0 Å². The van der Waals surface area contributed by atoms with Gasteiger partial charge in [-0.3, -0.25) is 0 Å². The third kappa shape index (κ3) is 13.8. The van der Waals surface area contributed by atoms with E-state index >= 15 is 0 Å². The van der Waals surface area contributed by atoms with E-state index in [1.54, 1.807) is 0 Å². The lowest BCUT2D eigenvalue weighted by Crippen LogP contribution is -3.61. The lowest BCUT2D eigenvalue weighted by atomic mass is 9.12. The lowest BCUT2D eigenvalue weighted by molar-refractivity contribution is -0.636. The molecule has 0 atom stereocenters. The molecule has 0 radical (unpaired) electrons. The van der Waals surface area contributed by atoms with Crippen molar-refractivity contribution in [1.82, 2.24) is 0 Å². The molecule has 0 bridgehead atoms. The van der Waals surface area contributed by atoms with Gasteiger partial charge in [-0.05, 0) is 36.4 Å². The van der Waals surface area contributed by atoms with Crippen LogP contribution >= 0.6 is 0 Å². The number of alkyl halides is 24. The second-order valence-electron chi connectivity index (χ2n) is 15.7. The van der Waals surface area contributed by atoms with Crippen molar-refractivity contribution < 1.29 is 135 Å². The number of hydrogen-bond acceptors (Lipinski definition) is 2.